The van der Waals surface area contributed by atoms with Crippen LogP contribution in [0.5, 0.6) is 0 Å². The van der Waals surface area contributed by atoms with Crippen molar-refractivity contribution in [1.29, 1.82) is 0 Å². The third-order valence-corrected chi connectivity index (χ3v) is 3.55. The van der Waals surface area contributed by atoms with Crippen molar-refractivity contribution in [2.24, 2.45) is 0 Å². The highest BCUT2D eigenvalue weighted by atomic mass is 127. The molecule has 0 unspecified atom stereocenters. The monoisotopic (exact) mass is 338 g/mol. The summed E-state index contributed by atoms with van der Waals surface area (Å²) in [5, 5.41) is 1.09. The fourth-order valence-corrected chi connectivity index (χ4v) is 2.34. The van der Waals surface area contributed by atoms with E-state index in [0.29, 0.717) is 0 Å². The van der Waals surface area contributed by atoms with Crippen LogP contribution >= 0.6 is 22.6 Å². The van der Waals surface area contributed by atoms with Crippen molar-refractivity contribution in [3.63, 3.8) is 0 Å². The molecule has 0 saturated carbocycles. The van der Waals surface area contributed by atoms with Crippen LogP contribution in [-0.4, -0.2) is 9.97 Å². The molecule has 0 atom stereocenters. The van der Waals surface area contributed by atoms with E-state index in [2.05, 4.69) is 38.6 Å². The Kier molecular flexibility index (Phi) is 2.58. The molecule has 0 saturated heterocycles. The van der Waals surface area contributed by atoms with Crippen molar-refractivity contribution >= 4 is 33.6 Å². The van der Waals surface area contributed by atoms with E-state index in [0.717, 1.165) is 25.7 Å². The summed E-state index contributed by atoms with van der Waals surface area (Å²) >= 11 is 2.26. The van der Waals surface area contributed by atoms with Crippen molar-refractivity contribution < 1.29 is 4.39 Å². The molecule has 4 heteroatoms. The summed E-state index contributed by atoms with van der Waals surface area (Å²) in [7, 11) is 0. The molecule has 2 heterocycles. The zero-order valence-electron chi connectivity index (χ0n) is 8.74. The van der Waals surface area contributed by atoms with Gasteiger partial charge in [0.15, 0.2) is 0 Å². The van der Waals surface area contributed by atoms with Gasteiger partial charge in [-0.05, 0) is 46.4 Å². The minimum atomic E-state index is -0.223. The SMILES string of the molecule is Fc1ccc(-c2cnc3[nH]cc(I)c3c2)cc1. The molecule has 2 nitrogen and oxygen atoms in total. The van der Waals surface area contributed by atoms with Crippen LogP contribution in [0.15, 0.2) is 42.7 Å². The van der Waals surface area contributed by atoms with E-state index in [-0.39, 0.29) is 5.82 Å². The Labute approximate surface area is 111 Å². The Morgan fingerprint density at radius 1 is 1.12 bits per heavy atom. The van der Waals surface area contributed by atoms with Crippen LogP contribution in [-0.2, 0) is 0 Å². The average molecular weight is 338 g/mol. The van der Waals surface area contributed by atoms with Crippen molar-refractivity contribution in [1.82, 2.24) is 9.97 Å². The molecule has 3 aromatic rings. The predicted molar refractivity (Wildman–Crippen MR) is 74.2 cm³/mol. The third kappa shape index (κ3) is 1.93. The zero-order chi connectivity index (χ0) is 11.8. The number of nitrogens with zero attached hydrogens (tertiary/aromatic N) is 1. The lowest BCUT2D eigenvalue weighted by atomic mass is 10.1. The second-order valence-corrected chi connectivity index (χ2v) is 4.93. The highest BCUT2D eigenvalue weighted by Gasteiger charge is 2.05. The molecule has 0 amide bonds. The van der Waals surface area contributed by atoms with Gasteiger partial charge in [0.1, 0.15) is 11.5 Å². The van der Waals surface area contributed by atoms with Gasteiger partial charge in [0, 0.05) is 26.9 Å². The van der Waals surface area contributed by atoms with Crippen molar-refractivity contribution in [3.8, 4) is 11.1 Å². The lowest BCUT2D eigenvalue weighted by molar-refractivity contribution is 0.628. The molecule has 0 radical (unpaired) electrons. The first-order chi connectivity index (χ1) is 8.24. The summed E-state index contributed by atoms with van der Waals surface area (Å²) in [6, 6.07) is 8.51. The Hall–Kier alpha value is -1.43. The Balaban J connectivity index is 2.17. The minimum Gasteiger partial charge on any atom is -0.345 e. The first-order valence-electron chi connectivity index (χ1n) is 5.12. The van der Waals surface area contributed by atoms with Gasteiger partial charge in [-0.3, -0.25) is 0 Å². The van der Waals surface area contributed by atoms with Crippen LogP contribution in [0.25, 0.3) is 22.2 Å². The van der Waals surface area contributed by atoms with Gasteiger partial charge in [0.05, 0.1) is 0 Å². The zero-order valence-corrected chi connectivity index (χ0v) is 10.9. The smallest absolute Gasteiger partial charge is 0.138 e. The number of aromatic nitrogens is 2. The van der Waals surface area contributed by atoms with Gasteiger partial charge >= 0.3 is 0 Å². The van der Waals surface area contributed by atoms with Gasteiger partial charge in [0.2, 0.25) is 0 Å². The molecule has 0 aliphatic heterocycles. The first kappa shape index (κ1) is 10.7. The van der Waals surface area contributed by atoms with E-state index in [9.17, 15) is 4.39 Å². The van der Waals surface area contributed by atoms with E-state index in [1.807, 2.05) is 6.20 Å². The number of fused-ring (bicyclic) bond motifs is 1. The van der Waals surface area contributed by atoms with E-state index in [4.69, 9.17) is 0 Å². The number of hydrogen-bond acceptors (Lipinski definition) is 1. The number of aromatic amines is 1. The normalized spacial score (nSPS) is 10.9. The summed E-state index contributed by atoms with van der Waals surface area (Å²) in [6.07, 6.45) is 3.72. The van der Waals surface area contributed by atoms with E-state index in [1.165, 1.54) is 12.1 Å². The van der Waals surface area contributed by atoms with Crippen molar-refractivity contribution in [3.05, 3.63) is 52.1 Å². The van der Waals surface area contributed by atoms with E-state index in [1.54, 1.807) is 18.3 Å². The summed E-state index contributed by atoms with van der Waals surface area (Å²) in [5.41, 5.74) is 2.84. The molecule has 0 spiro atoms. The predicted octanol–water partition coefficient (Wildman–Crippen LogP) is 3.97. The topological polar surface area (TPSA) is 28.7 Å². The number of pyridine rings is 1. The first-order valence-corrected chi connectivity index (χ1v) is 6.20. The Morgan fingerprint density at radius 2 is 1.88 bits per heavy atom. The molecular weight excluding hydrogens is 330 g/mol. The number of rotatable bonds is 1. The van der Waals surface area contributed by atoms with Crippen LogP contribution in [0.4, 0.5) is 4.39 Å². The lowest BCUT2D eigenvalue weighted by Gasteiger charge is -2.01. The molecule has 0 aliphatic rings. The summed E-state index contributed by atoms with van der Waals surface area (Å²) in [5.74, 6) is -0.223. The van der Waals surface area contributed by atoms with Gasteiger partial charge in [-0.15, -0.1) is 0 Å². The van der Waals surface area contributed by atoms with Crippen molar-refractivity contribution in [2.45, 2.75) is 0 Å². The Bertz CT molecular complexity index is 673. The molecule has 1 N–H and O–H groups in total. The summed E-state index contributed by atoms with van der Waals surface area (Å²) in [4.78, 5) is 7.44. The van der Waals surface area contributed by atoms with E-state index >= 15 is 0 Å². The van der Waals surface area contributed by atoms with Crippen LogP contribution in [0.3, 0.4) is 0 Å². The maximum absolute atomic E-state index is 12.8. The molecule has 17 heavy (non-hydrogen) atoms. The van der Waals surface area contributed by atoms with Crippen LogP contribution in [0.1, 0.15) is 0 Å². The van der Waals surface area contributed by atoms with Crippen LogP contribution in [0, 0.1) is 9.39 Å². The molecular formula is C13H8FIN2. The highest BCUT2D eigenvalue weighted by molar-refractivity contribution is 14.1. The lowest BCUT2D eigenvalue weighted by Crippen LogP contribution is -1.82. The van der Waals surface area contributed by atoms with Crippen LogP contribution < -0.4 is 0 Å². The Morgan fingerprint density at radius 3 is 2.65 bits per heavy atom. The average Bonchev–Trinajstić information content (AvgIpc) is 2.72. The number of H-pyrrole nitrogens is 1. The molecule has 0 fully saturated rings. The second kappa shape index (κ2) is 4.10. The van der Waals surface area contributed by atoms with Gasteiger partial charge in [0.25, 0.3) is 0 Å². The molecule has 0 aliphatic carbocycles. The van der Waals surface area contributed by atoms with Crippen molar-refractivity contribution in [2.75, 3.05) is 0 Å². The summed E-state index contributed by atoms with van der Waals surface area (Å²) < 4.78 is 14.0. The van der Waals surface area contributed by atoms with Crippen LogP contribution in [0.2, 0.25) is 0 Å². The summed E-state index contributed by atoms with van der Waals surface area (Å²) in [6.45, 7) is 0. The molecule has 2 aromatic heterocycles. The quantitative estimate of drug-likeness (QED) is 0.668. The molecule has 0 bridgehead atoms. The highest BCUT2D eigenvalue weighted by Crippen LogP contribution is 2.25. The standard InChI is InChI=1S/C13H8FIN2/c14-10-3-1-8(2-4-10)9-5-11-12(15)7-17-13(11)16-6-9/h1-7H,(H,16,17). The maximum Gasteiger partial charge on any atom is 0.138 e. The maximum atomic E-state index is 12.8. The van der Waals surface area contributed by atoms with Gasteiger partial charge < -0.3 is 4.98 Å². The fourth-order valence-electron chi connectivity index (χ4n) is 1.77. The third-order valence-electron chi connectivity index (χ3n) is 2.66. The fraction of sp³-hybridized carbons (Fsp3) is 0. The van der Waals surface area contributed by atoms with E-state index < -0.39 is 0 Å². The minimum absolute atomic E-state index is 0.223. The van der Waals surface area contributed by atoms with Gasteiger partial charge in [-0.1, -0.05) is 12.1 Å². The molecule has 1 aromatic carbocycles. The second-order valence-electron chi connectivity index (χ2n) is 3.76. The molecule has 84 valence electrons. The number of hydrogen-bond donors (Lipinski definition) is 1. The largest absolute Gasteiger partial charge is 0.345 e. The van der Waals surface area contributed by atoms with Gasteiger partial charge in [-0.2, -0.15) is 0 Å². The van der Waals surface area contributed by atoms with Gasteiger partial charge in [-0.25, -0.2) is 9.37 Å². The number of nitrogens with one attached hydrogen (secondary N) is 1. The number of halogens is 2. The molecule has 3 rings (SSSR count). The number of benzene rings is 1.